The number of nitrogens with two attached hydrogens (primary N) is 1. The third-order valence-corrected chi connectivity index (χ3v) is 6.78. The average Bonchev–Trinajstić information content (AvgIpc) is 2.53. The monoisotopic (exact) mass is 374 g/mol. The van der Waals surface area contributed by atoms with E-state index in [1.807, 2.05) is 31.2 Å². The van der Waals surface area contributed by atoms with Crippen LogP contribution in [-0.2, 0) is 20.4 Å². The predicted molar refractivity (Wildman–Crippen MR) is 106 cm³/mol. The van der Waals surface area contributed by atoms with Crippen molar-refractivity contribution < 1.29 is 13.2 Å². The highest BCUT2D eigenvalue weighted by Gasteiger charge is 2.29. The Bertz CT molecular complexity index is 882. The summed E-state index contributed by atoms with van der Waals surface area (Å²) in [6, 6.07) is 13.5. The lowest BCUT2D eigenvalue weighted by atomic mass is 10.1. The number of carbonyl (C=O) groups is 1. The van der Waals surface area contributed by atoms with Gasteiger partial charge in [0.1, 0.15) is 6.04 Å². The maximum atomic E-state index is 12.4. The number of amides is 1. The van der Waals surface area contributed by atoms with Gasteiger partial charge in [0.2, 0.25) is 5.91 Å². The van der Waals surface area contributed by atoms with Gasteiger partial charge < -0.3 is 11.1 Å². The maximum Gasteiger partial charge on any atom is 0.245 e. The van der Waals surface area contributed by atoms with Crippen LogP contribution in [0.2, 0.25) is 0 Å². The third-order valence-electron chi connectivity index (χ3n) is 4.20. The van der Waals surface area contributed by atoms with Crippen molar-refractivity contribution in [3.8, 4) is 0 Å². The van der Waals surface area contributed by atoms with Crippen molar-refractivity contribution in [3.05, 3.63) is 65.2 Å². The number of aryl methyl sites for hydroxylation is 1. The van der Waals surface area contributed by atoms with E-state index in [0.29, 0.717) is 11.3 Å². The number of benzene rings is 2. The van der Waals surface area contributed by atoms with E-state index in [-0.39, 0.29) is 11.7 Å². The Labute approximate surface area is 155 Å². The fraction of sp³-hybridized carbons (Fsp3) is 0.350. The van der Waals surface area contributed by atoms with Crippen LogP contribution in [0.4, 0.5) is 5.69 Å². The summed E-state index contributed by atoms with van der Waals surface area (Å²) in [7, 11) is -3.30. The second-order valence-corrected chi connectivity index (χ2v) is 10.2. The lowest BCUT2D eigenvalue weighted by Crippen LogP contribution is -2.29. The van der Waals surface area contributed by atoms with Crippen LogP contribution >= 0.6 is 0 Å². The van der Waals surface area contributed by atoms with Gasteiger partial charge in [-0.2, -0.15) is 0 Å². The second-order valence-electron chi connectivity index (χ2n) is 7.45. The summed E-state index contributed by atoms with van der Waals surface area (Å²) in [6.45, 7) is 6.99. The number of hydrogen-bond donors (Lipinski definition) is 2. The van der Waals surface area contributed by atoms with Crippen molar-refractivity contribution in [2.24, 2.45) is 5.73 Å². The fourth-order valence-corrected chi connectivity index (χ4v) is 3.37. The number of rotatable bonds is 5. The molecule has 0 fully saturated rings. The Morgan fingerprint density at radius 1 is 1.12 bits per heavy atom. The van der Waals surface area contributed by atoms with E-state index in [9.17, 15) is 13.2 Å². The van der Waals surface area contributed by atoms with Gasteiger partial charge in [0.25, 0.3) is 0 Å². The molecule has 26 heavy (non-hydrogen) atoms. The molecule has 1 amide bonds. The molecule has 0 aliphatic carbocycles. The summed E-state index contributed by atoms with van der Waals surface area (Å²) in [4.78, 5) is 12.4. The number of hydrogen-bond acceptors (Lipinski definition) is 4. The van der Waals surface area contributed by atoms with Crippen LogP contribution in [0.5, 0.6) is 0 Å². The molecule has 2 aromatic carbocycles. The van der Waals surface area contributed by atoms with Gasteiger partial charge in [-0.3, -0.25) is 4.79 Å². The van der Waals surface area contributed by atoms with Gasteiger partial charge in [-0.15, -0.1) is 0 Å². The van der Waals surface area contributed by atoms with Gasteiger partial charge >= 0.3 is 0 Å². The molecule has 2 aromatic rings. The molecule has 0 bridgehead atoms. The van der Waals surface area contributed by atoms with Crippen LogP contribution in [0.25, 0.3) is 0 Å². The minimum absolute atomic E-state index is 0.0791. The minimum Gasteiger partial charge on any atom is -0.324 e. The first-order chi connectivity index (χ1) is 12.0. The Kier molecular flexibility index (Phi) is 5.88. The summed E-state index contributed by atoms with van der Waals surface area (Å²) >= 11 is 0. The van der Waals surface area contributed by atoms with Crippen molar-refractivity contribution in [1.29, 1.82) is 0 Å². The molecule has 0 heterocycles. The van der Waals surface area contributed by atoms with Crippen LogP contribution in [0.1, 0.15) is 43.5 Å². The van der Waals surface area contributed by atoms with Crippen molar-refractivity contribution in [3.63, 3.8) is 0 Å². The van der Waals surface area contributed by atoms with Gasteiger partial charge in [0, 0.05) is 5.69 Å². The highest BCUT2D eigenvalue weighted by Crippen LogP contribution is 2.22. The molecular formula is C20H26N2O3S. The Balaban J connectivity index is 2.13. The van der Waals surface area contributed by atoms with Crippen molar-refractivity contribution in [1.82, 2.24) is 0 Å². The average molecular weight is 375 g/mol. The molecule has 1 unspecified atom stereocenters. The summed E-state index contributed by atoms with van der Waals surface area (Å²) in [6.07, 6.45) is 0. The van der Waals surface area contributed by atoms with Crippen molar-refractivity contribution >= 4 is 21.4 Å². The molecule has 2 rings (SSSR count). The number of anilines is 1. The molecule has 0 saturated heterocycles. The van der Waals surface area contributed by atoms with Gasteiger partial charge in [-0.1, -0.05) is 42.0 Å². The quantitative estimate of drug-likeness (QED) is 0.840. The smallest absolute Gasteiger partial charge is 0.245 e. The Morgan fingerprint density at radius 2 is 1.73 bits per heavy atom. The van der Waals surface area contributed by atoms with Gasteiger partial charge in [-0.05, 0) is 51.0 Å². The predicted octanol–water partition coefficient (Wildman–Crippen LogP) is 3.35. The summed E-state index contributed by atoms with van der Waals surface area (Å²) in [5.41, 5.74) is 8.99. The van der Waals surface area contributed by atoms with Crippen LogP contribution < -0.4 is 11.1 Å². The standard InChI is InChI=1S/C20H26N2O3S/c1-14-8-10-16(11-9-14)18(21)19(23)22-17-7-5-6-15(12-17)13-26(24,25)20(2,3)4/h5-12,18H,13,21H2,1-4H3,(H,22,23). The van der Waals surface area contributed by atoms with Crippen LogP contribution in [0.3, 0.4) is 0 Å². The largest absolute Gasteiger partial charge is 0.324 e. The zero-order valence-corrected chi connectivity index (χ0v) is 16.4. The summed E-state index contributed by atoms with van der Waals surface area (Å²) in [5.74, 6) is -0.422. The Hall–Kier alpha value is -2.18. The highest BCUT2D eigenvalue weighted by molar-refractivity contribution is 7.91. The molecule has 0 aliphatic rings. The van der Waals surface area contributed by atoms with E-state index < -0.39 is 20.6 Å². The fourth-order valence-electron chi connectivity index (χ4n) is 2.32. The van der Waals surface area contributed by atoms with Crippen LogP contribution in [0.15, 0.2) is 48.5 Å². The van der Waals surface area contributed by atoms with Gasteiger partial charge in [-0.25, -0.2) is 8.42 Å². The first-order valence-corrected chi connectivity index (χ1v) is 10.1. The zero-order valence-electron chi connectivity index (χ0n) is 15.6. The number of nitrogens with one attached hydrogen (secondary N) is 1. The first kappa shape index (κ1) is 20.1. The van der Waals surface area contributed by atoms with E-state index in [2.05, 4.69) is 5.32 Å². The minimum atomic E-state index is -3.30. The first-order valence-electron chi connectivity index (χ1n) is 8.44. The van der Waals surface area contributed by atoms with E-state index in [1.54, 1.807) is 45.0 Å². The summed E-state index contributed by atoms with van der Waals surface area (Å²) < 4.78 is 23.9. The van der Waals surface area contributed by atoms with Crippen LogP contribution in [0, 0.1) is 6.92 Å². The van der Waals surface area contributed by atoms with Crippen LogP contribution in [-0.4, -0.2) is 19.1 Å². The SMILES string of the molecule is Cc1ccc(C(N)C(=O)Nc2cccc(CS(=O)(=O)C(C)(C)C)c2)cc1. The van der Waals surface area contributed by atoms with Gasteiger partial charge in [0.05, 0.1) is 10.5 Å². The molecule has 0 aliphatic heterocycles. The highest BCUT2D eigenvalue weighted by atomic mass is 32.2. The van der Waals surface area contributed by atoms with Gasteiger partial charge in [0.15, 0.2) is 9.84 Å². The number of sulfone groups is 1. The Morgan fingerprint density at radius 3 is 2.31 bits per heavy atom. The molecular weight excluding hydrogens is 348 g/mol. The lowest BCUT2D eigenvalue weighted by Gasteiger charge is -2.19. The number of carbonyl (C=O) groups excluding carboxylic acids is 1. The summed E-state index contributed by atoms with van der Waals surface area (Å²) in [5, 5.41) is 2.76. The molecule has 3 N–H and O–H groups in total. The molecule has 0 saturated carbocycles. The molecule has 5 nitrogen and oxygen atoms in total. The van der Waals surface area contributed by atoms with E-state index in [4.69, 9.17) is 5.73 Å². The topological polar surface area (TPSA) is 89.3 Å². The molecule has 0 spiro atoms. The van der Waals surface area contributed by atoms with Crippen molar-refractivity contribution in [2.45, 2.75) is 44.2 Å². The second kappa shape index (κ2) is 7.60. The van der Waals surface area contributed by atoms with E-state index in [1.165, 1.54) is 0 Å². The maximum absolute atomic E-state index is 12.4. The normalized spacial score (nSPS) is 13.3. The molecule has 1 atom stereocenters. The molecule has 6 heteroatoms. The molecule has 140 valence electrons. The van der Waals surface area contributed by atoms with Crippen molar-refractivity contribution in [2.75, 3.05) is 5.32 Å². The van der Waals surface area contributed by atoms with E-state index >= 15 is 0 Å². The third kappa shape index (κ3) is 4.93. The lowest BCUT2D eigenvalue weighted by molar-refractivity contribution is -0.117. The molecule has 0 radical (unpaired) electrons. The van der Waals surface area contributed by atoms with E-state index in [0.717, 1.165) is 11.1 Å². The molecule has 0 aromatic heterocycles. The zero-order chi connectivity index (χ0) is 19.5.